The number of carbonyl (C=O) groups is 2. The predicted molar refractivity (Wildman–Crippen MR) is 149 cm³/mol. The molecule has 0 radical (unpaired) electrons. The summed E-state index contributed by atoms with van der Waals surface area (Å²) in [5.74, 6) is 1.26. The summed E-state index contributed by atoms with van der Waals surface area (Å²) in [6.07, 6.45) is 0. The third-order valence-electron chi connectivity index (χ3n) is 5.68. The van der Waals surface area contributed by atoms with Gasteiger partial charge in [-0.2, -0.15) is 0 Å². The van der Waals surface area contributed by atoms with Gasteiger partial charge in [-0.15, -0.1) is 10.2 Å². The molecule has 0 fully saturated rings. The normalized spacial score (nSPS) is 10.6. The van der Waals surface area contributed by atoms with Crippen LogP contribution in [0.5, 0.6) is 17.2 Å². The fourth-order valence-corrected chi connectivity index (χ4v) is 4.64. The summed E-state index contributed by atoms with van der Waals surface area (Å²) >= 11 is 1.26. The standard InChI is InChI=1S/C28H29N5O5S/c1-18-9-8-10-20(13-18)30-25(34)17-39-28-32-31-24(33(28)21-11-6-5-7-12-21)16-29-27(35)19-14-22(36-2)26(38-4)23(15-19)37-3/h5-15H,16-17H2,1-4H3,(H,29,35)(H,30,34). The van der Waals surface area contributed by atoms with Gasteiger partial charge in [0.15, 0.2) is 22.5 Å². The maximum Gasteiger partial charge on any atom is 0.251 e. The molecular weight excluding hydrogens is 518 g/mol. The van der Waals surface area contributed by atoms with Gasteiger partial charge in [0.05, 0.1) is 33.6 Å². The lowest BCUT2D eigenvalue weighted by Gasteiger charge is -2.14. The molecule has 1 heterocycles. The maximum absolute atomic E-state index is 13.0. The number of ether oxygens (including phenoxy) is 3. The number of anilines is 1. The zero-order valence-electron chi connectivity index (χ0n) is 22.1. The Hall–Kier alpha value is -4.51. The Labute approximate surface area is 230 Å². The van der Waals surface area contributed by atoms with Gasteiger partial charge in [-0.25, -0.2) is 0 Å². The Bertz CT molecular complexity index is 1430. The lowest BCUT2D eigenvalue weighted by Crippen LogP contribution is -2.25. The molecule has 1 aromatic heterocycles. The van der Waals surface area contributed by atoms with E-state index in [1.807, 2.05) is 66.1 Å². The number of amides is 2. The van der Waals surface area contributed by atoms with Crippen LogP contribution < -0.4 is 24.8 Å². The molecule has 10 nitrogen and oxygen atoms in total. The second kappa shape index (κ2) is 12.8. The van der Waals surface area contributed by atoms with Gasteiger partial charge in [-0.1, -0.05) is 42.1 Å². The van der Waals surface area contributed by atoms with E-state index in [1.54, 1.807) is 12.1 Å². The summed E-state index contributed by atoms with van der Waals surface area (Å²) in [6.45, 7) is 2.06. The molecule has 2 amide bonds. The fourth-order valence-electron chi connectivity index (χ4n) is 3.87. The van der Waals surface area contributed by atoms with Gasteiger partial charge in [0.1, 0.15) is 0 Å². The van der Waals surface area contributed by atoms with E-state index >= 15 is 0 Å². The summed E-state index contributed by atoms with van der Waals surface area (Å²) < 4.78 is 17.9. The summed E-state index contributed by atoms with van der Waals surface area (Å²) in [7, 11) is 4.47. The highest BCUT2D eigenvalue weighted by atomic mass is 32.2. The third-order valence-corrected chi connectivity index (χ3v) is 6.61. The first-order valence-electron chi connectivity index (χ1n) is 12.0. The summed E-state index contributed by atoms with van der Waals surface area (Å²) in [5, 5.41) is 14.9. The molecule has 0 atom stereocenters. The number of nitrogens with one attached hydrogen (secondary N) is 2. The molecule has 0 aliphatic carbocycles. The number of thioether (sulfide) groups is 1. The van der Waals surface area contributed by atoms with Gasteiger partial charge in [0.25, 0.3) is 5.91 Å². The smallest absolute Gasteiger partial charge is 0.251 e. The number of hydrogen-bond acceptors (Lipinski definition) is 8. The molecule has 4 aromatic rings. The van der Waals surface area contributed by atoms with Crippen LogP contribution in [0.3, 0.4) is 0 Å². The first-order chi connectivity index (χ1) is 18.9. The van der Waals surface area contributed by atoms with E-state index in [1.165, 1.54) is 33.1 Å². The van der Waals surface area contributed by atoms with Crippen LogP contribution in [-0.4, -0.2) is 53.7 Å². The first kappa shape index (κ1) is 27.5. The van der Waals surface area contributed by atoms with E-state index in [2.05, 4.69) is 20.8 Å². The van der Waals surface area contributed by atoms with Crippen molar-refractivity contribution in [2.45, 2.75) is 18.6 Å². The molecular formula is C28H29N5O5S. The number of rotatable bonds is 11. The van der Waals surface area contributed by atoms with Gasteiger partial charge < -0.3 is 24.8 Å². The number of aryl methyl sites for hydroxylation is 1. The molecule has 0 unspecified atom stereocenters. The number of para-hydroxylation sites is 1. The molecule has 3 aromatic carbocycles. The second-order valence-corrected chi connectivity index (χ2v) is 9.32. The number of aromatic nitrogens is 3. The Morgan fingerprint density at radius 3 is 2.26 bits per heavy atom. The highest BCUT2D eigenvalue weighted by molar-refractivity contribution is 7.99. The molecule has 0 aliphatic rings. The highest BCUT2D eigenvalue weighted by Crippen LogP contribution is 2.38. The van der Waals surface area contributed by atoms with E-state index in [9.17, 15) is 9.59 Å². The quantitative estimate of drug-likeness (QED) is 0.268. The molecule has 11 heteroatoms. The van der Waals surface area contributed by atoms with Crippen molar-refractivity contribution >= 4 is 29.3 Å². The van der Waals surface area contributed by atoms with E-state index in [-0.39, 0.29) is 24.1 Å². The third kappa shape index (κ3) is 6.68. The van der Waals surface area contributed by atoms with Gasteiger partial charge >= 0.3 is 0 Å². The van der Waals surface area contributed by atoms with Gasteiger partial charge in [-0.05, 0) is 48.9 Å². The minimum atomic E-state index is -0.358. The molecule has 0 saturated carbocycles. The van der Waals surface area contributed by atoms with Crippen LogP contribution in [0, 0.1) is 6.92 Å². The lowest BCUT2D eigenvalue weighted by molar-refractivity contribution is -0.113. The summed E-state index contributed by atoms with van der Waals surface area (Å²) in [6, 6.07) is 20.3. The molecule has 0 saturated heterocycles. The zero-order chi connectivity index (χ0) is 27.8. The Morgan fingerprint density at radius 1 is 0.897 bits per heavy atom. The van der Waals surface area contributed by atoms with Crippen molar-refractivity contribution in [3.8, 4) is 22.9 Å². The van der Waals surface area contributed by atoms with E-state index in [0.717, 1.165) is 16.9 Å². The Kier molecular flexibility index (Phi) is 9.06. The minimum Gasteiger partial charge on any atom is -0.493 e. The van der Waals surface area contributed by atoms with Crippen molar-refractivity contribution in [3.63, 3.8) is 0 Å². The fraction of sp³-hybridized carbons (Fsp3) is 0.214. The average Bonchev–Trinajstić information content (AvgIpc) is 3.37. The highest BCUT2D eigenvalue weighted by Gasteiger charge is 2.20. The first-order valence-corrected chi connectivity index (χ1v) is 13.0. The molecule has 0 bridgehead atoms. The van der Waals surface area contributed by atoms with E-state index in [0.29, 0.717) is 33.8 Å². The van der Waals surface area contributed by atoms with Crippen molar-refractivity contribution in [2.24, 2.45) is 0 Å². The minimum absolute atomic E-state index is 0.0907. The molecule has 4 rings (SSSR count). The number of carbonyl (C=O) groups excluding carboxylic acids is 2. The number of hydrogen-bond donors (Lipinski definition) is 2. The largest absolute Gasteiger partial charge is 0.493 e. The number of nitrogens with zero attached hydrogens (tertiary/aromatic N) is 3. The van der Waals surface area contributed by atoms with Gasteiger partial charge in [-0.3, -0.25) is 14.2 Å². The topological polar surface area (TPSA) is 117 Å². The monoisotopic (exact) mass is 547 g/mol. The number of methoxy groups -OCH3 is 3. The molecule has 2 N–H and O–H groups in total. The Balaban J connectivity index is 1.51. The van der Waals surface area contributed by atoms with Gasteiger partial charge in [0.2, 0.25) is 11.7 Å². The zero-order valence-corrected chi connectivity index (χ0v) is 22.9. The molecule has 0 spiro atoms. The van der Waals surface area contributed by atoms with Crippen molar-refractivity contribution in [2.75, 3.05) is 32.4 Å². The average molecular weight is 548 g/mol. The second-order valence-electron chi connectivity index (χ2n) is 8.37. The van der Waals surface area contributed by atoms with Crippen LogP contribution in [0.2, 0.25) is 0 Å². The van der Waals surface area contributed by atoms with Crippen LogP contribution in [0.25, 0.3) is 5.69 Å². The molecule has 39 heavy (non-hydrogen) atoms. The molecule has 0 aliphatic heterocycles. The van der Waals surface area contributed by atoms with Crippen LogP contribution in [0.1, 0.15) is 21.7 Å². The van der Waals surface area contributed by atoms with Crippen LogP contribution in [-0.2, 0) is 11.3 Å². The summed E-state index contributed by atoms with van der Waals surface area (Å²) in [4.78, 5) is 25.6. The Morgan fingerprint density at radius 2 is 1.62 bits per heavy atom. The van der Waals surface area contributed by atoms with Crippen LogP contribution in [0.15, 0.2) is 71.9 Å². The van der Waals surface area contributed by atoms with Gasteiger partial charge in [0, 0.05) is 16.9 Å². The van der Waals surface area contributed by atoms with Crippen LogP contribution in [0.4, 0.5) is 5.69 Å². The van der Waals surface area contributed by atoms with Crippen molar-refractivity contribution in [1.29, 1.82) is 0 Å². The van der Waals surface area contributed by atoms with Crippen molar-refractivity contribution in [1.82, 2.24) is 20.1 Å². The SMILES string of the molecule is COc1cc(C(=O)NCc2nnc(SCC(=O)Nc3cccc(C)c3)n2-c2ccccc2)cc(OC)c1OC. The lowest BCUT2D eigenvalue weighted by atomic mass is 10.1. The van der Waals surface area contributed by atoms with E-state index in [4.69, 9.17) is 14.2 Å². The maximum atomic E-state index is 13.0. The molecule has 202 valence electrons. The predicted octanol–water partition coefficient (Wildman–Crippen LogP) is 4.26. The van der Waals surface area contributed by atoms with Crippen molar-refractivity contribution < 1.29 is 23.8 Å². The summed E-state index contributed by atoms with van der Waals surface area (Å²) in [5.41, 5.74) is 2.93. The van der Waals surface area contributed by atoms with E-state index < -0.39 is 0 Å². The van der Waals surface area contributed by atoms with Crippen molar-refractivity contribution in [3.05, 3.63) is 83.7 Å². The number of benzene rings is 3. The van der Waals surface area contributed by atoms with Crippen LogP contribution >= 0.6 is 11.8 Å².